The summed E-state index contributed by atoms with van der Waals surface area (Å²) in [6, 6.07) is 16.5. The van der Waals surface area contributed by atoms with Crippen LogP contribution in [0, 0.1) is 0 Å². The summed E-state index contributed by atoms with van der Waals surface area (Å²) in [6.45, 7) is 0. The summed E-state index contributed by atoms with van der Waals surface area (Å²) in [7, 11) is 0. The number of phenols is 1. The maximum Gasteiger partial charge on any atom is 0.119 e. The highest BCUT2D eigenvalue weighted by atomic mass is 16.3. The van der Waals surface area contributed by atoms with Crippen LogP contribution in [0.5, 0.6) is 5.75 Å². The fraction of sp³-hybridized carbons (Fsp3) is 0.333. The summed E-state index contributed by atoms with van der Waals surface area (Å²) in [5.74, 6) is 1.17. The van der Waals surface area contributed by atoms with Crippen LogP contribution < -0.4 is 0 Å². The molecule has 1 N–H and O–H groups in total. The minimum atomic E-state index is 0.391. The molecule has 2 aromatic rings. The molecule has 1 fully saturated rings. The summed E-state index contributed by atoms with van der Waals surface area (Å²) in [5.41, 5.74) is 3.75. The van der Waals surface area contributed by atoms with Gasteiger partial charge in [-0.2, -0.15) is 0 Å². The first-order chi connectivity index (χ1) is 9.33. The number of hydrogen-bond acceptors (Lipinski definition) is 1. The normalized spacial score (nSPS) is 15.8. The fourth-order valence-electron chi connectivity index (χ4n) is 3.05. The van der Waals surface area contributed by atoms with Crippen LogP contribution in [0.2, 0.25) is 0 Å². The molecule has 0 bridgehead atoms. The molecule has 0 saturated heterocycles. The van der Waals surface area contributed by atoms with Crippen molar-refractivity contribution in [3.8, 4) is 5.75 Å². The lowest BCUT2D eigenvalue weighted by Gasteiger charge is -2.10. The molecule has 0 spiro atoms. The molecule has 0 radical (unpaired) electrons. The van der Waals surface area contributed by atoms with Crippen LogP contribution >= 0.6 is 0 Å². The van der Waals surface area contributed by atoms with Gasteiger partial charge in [0.05, 0.1) is 0 Å². The first-order valence-corrected chi connectivity index (χ1v) is 7.18. The largest absolute Gasteiger partial charge is 0.508 e. The molecule has 1 nitrogen and oxygen atoms in total. The number of phenolic OH excluding ortho intramolecular Hbond substituents is 1. The summed E-state index contributed by atoms with van der Waals surface area (Å²) in [6.07, 6.45) is 6.25. The second kappa shape index (κ2) is 5.48. The Hall–Kier alpha value is -1.76. The van der Waals surface area contributed by atoms with Gasteiger partial charge in [-0.3, -0.25) is 0 Å². The number of hydrogen-bond donors (Lipinski definition) is 1. The van der Waals surface area contributed by atoms with Gasteiger partial charge in [0.15, 0.2) is 0 Å². The van der Waals surface area contributed by atoms with Gasteiger partial charge in [0, 0.05) is 6.42 Å². The molecule has 0 heterocycles. The van der Waals surface area contributed by atoms with E-state index in [4.69, 9.17) is 0 Å². The molecule has 19 heavy (non-hydrogen) atoms. The van der Waals surface area contributed by atoms with Crippen molar-refractivity contribution in [2.24, 2.45) is 0 Å². The lowest BCUT2D eigenvalue weighted by Crippen LogP contribution is -1.94. The van der Waals surface area contributed by atoms with Crippen LogP contribution in [0.1, 0.15) is 48.3 Å². The first-order valence-electron chi connectivity index (χ1n) is 7.18. The summed E-state index contributed by atoms with van der Waals surface area (Å²) < 4.78 is 0. The zero-order valence-electron chi connectivity index (χ0n) is 11.2. The summed E-state index contributed by atoms with van der Waals surface area (Å²) in [5, 5.41) is 9.80. The topological polar surface area (TPSA) is 20.2 Å². The van der Waals surface area contributed by atoms with Gasteiger partial charge in [-0.25, -0.2) is 0 Å². The molecular formula is C18H20O. The smallest absolute Gasteiger partial charge is 0.119 e. The van der Waals surface area contributed by atoms with Crippen LogP contribution in [0.3, 0.4) is 0 Å². The Bertz CT molecular complexity index is 536. The van der Waals surface area contributed by atoms with Crippen molar-refractivity contribution in [3.05, 3.63) is 65.2 Å². The summed E-state index contributed by atoms with van der Waals surface area (Å²) >= 11 is 0. The molecular weight excluding hydrogens is 232 g/mol. The van der Waals surface area contributed by atoms with E-state index >= 15 is 0 Å². The molecule has 0 amide bonds. The minimum Gasteiger partial charge on any atom is -0.508 e. The van der Waals surface area contributed by atoms with E-state index in [1.807, 2.05) is 18.2 Å². The Labute approximate surface area is 114 Å². The molecule has 1 aliphatic rings. The van der Waals surface area contributed by atoms with Gasteiger partial charge in [-0.05, 0) is 41.5 Å². The Kier molecular flexibility index (Phi) is 3.54. The van der Waals surface area contributed by atoms with Crippen LogP contribution in [0.15, 0.2) is 48.5 Å². The Morgan fingerprint density at radius 3 is 2.26 bits per heavy atom. The lowest BCUT2D eigenvalue weighted by molar-refractivity contribution is 0.469. The highest BCUT2D eigenvalue weighted by Crippen LogP contribution is 2.34. The third-order valence-corrected chi connectivity index (χ3v) is 4.19. The number of benzene rings is 2. The Morgan fingerprint density at radius 2 is 1.58 bits per heavy atom. The zero-order chi connectivity index (χ0) is 13.1. The van der Waals surface area contributed by atoms with Crippen molar-refractivity contribution in [3.63, 3.8) is 0 Å². The second-order valence-corrected chi connectivity index (χ2v) is 5.53. The highest BCUT2D eigenvalue weighted by Gasteiger charge is 2.16. The van der Waals surface area contributed by atoms with Crippen LogP contribution in [-0.2, 0) is 6.42 Å². The van der Waals surface area contributed by atoms with Crippen molar-refractivity contribution in [2.45, 2.75) is 38.0 Å². The average Bonchev–Trinajstić information content (AvgIpc) is 2.96. The van der Waals surface area contributed by atoms with Gasteiger partial charge in [-0.15, -0.1) is 0 Å². The molecule has 98 valence electrons. The van der Waals surface area contributed by atoms with Crippen molar-refractivity contribution in [1.82, 2.24) is 0 Å². The quantitative estimate of drug-likeness (QED) is 0.843. The van der Waals surface area contributed by atoms with E-state index in [0.717, 1.165) is 17.9 Å². The van der Waals surface area contributed by atoms with Crippen molar-refractivity contribution in [1.29, 1.82) is 0 Å². The van der Waals surface area contributed by atoms with Gasteiger partial charge in [0.1, 0.15) is 5.75 Å². The number of para-hydroxylation sites is 1. The summed E-state index contributed by atoms with van der Waals surface area (Å²) in [4.78, 5) is 0. The van der Waals surface area contributed by atoms with Crippen LogP contribution in [0.25, 0.3) is 0 Å². The maximum atomic E-state index is 9.80. The second-order valence-electron chi connectivity index (χ2n) is 5.53. The van der Waals surface area contributed by atoms with E-state index in [9.17, 15) is 5.11 Å². The third kappa shape index (κ3) is 2.81. The molecule has 2 aromatic carbocycles. The fourth-order valence-corrected chi connectivity index (χ4v) is 3.05. The van der Waals surface area contributed by atoms with Gasteiger partial charge >= 0.3 is 0 Å². The van der Waals surface area contributed by atoms with Gasteiger partial charge in [0.2, 0.25) is 0 Å². The molecule has 0 aromatic heterocycles. The monoisotopic (exact) mass is 252 g/mol. The van der Waals surface area contributed by atoms with E-state index in [-0.39, 0.29) is 0 Å². The molecule has 1 heteroatoms. The van der Waals surface area contributed by atoms with E-state index in [2.05, 4.69) is 24.3 Å². The van der Waals surface area contributed by atoms with E-state index in [0.29, 0.717) is 5.75 Å². The minimum absolute atomic E-state index is 0.391. The SMILES string of the molecule is Oc1ccccc1Cc1ccc(C2CCCC2)cc1. The average molecular weight is 252 g/mol. The third-order valence-electron chi connectivity index (χ3n) is 4.19. The Balaban J connectivity index is 1.74. The number of rotatable bonds is 3. The first kappa shape index (κ1) is 12.3. The highest BCUT2D eigenvalue weighted by molar-refractivity contribution is 5.37. The van der Waals surface area contributed by atoms with Crippen molar-refractivity contribution in [2.75, 3.05) is 0 Å². The van der Waals surface area contributed by atoms with Crippen LogP contribution in [0.4, 0.5) is 0 Å². The zero-order valence-corrected chi connectivity index (χ0v) is 11.2. The van der Waals surface area contributed by atoms with Gasteiger partial charge < -0.3 is 5.11 Å². The van der Waals surface area contributed by atoms with Gasteiger partial charge in [0.25, 0.3) is 0 Å². The predicted octanol–water partition coefficient (Wildman–Crippen LogP) is 4.64. The van der Waals surface area contributed by atoms with E-state index in [1.54, 1.807) is 6.07 Å². The lowest BCUT2D eigenvalue weighted by atomic mass is 9.95. The molecule has 0 aliphatic heterocycles. The molecule has 3 rings (SSSR count). The van der Waals surface area contributed by atoms with Crippen molar-refractivity contribution < 1.29 is 5.11 Å². The predicted molar refractivity (Wildman–Crippen MR) is 78.6 cm³/mol. The van der Waals surface area contributed by atoms with E-state index < -0.39 is 0 Å². The molecule has 0 atom stereocenters. The van der Waals surface area contributed by atoms with E-state index in [1.165, 1.54) is 36.8 Å². The molecule has 0 unspecified atom stereocenters. The van der Waals surface area contributed by atoms with Gasteiger partial charge in [-0.1, -0.05) is 55.3 Å². The maximum absolute atomic E-state index is 9.80. The molecule has 1 saturated carbocycles. The molecule has 1 aliphatic carbocycles. The number of aromatic hydroxyl groups is 1. The Morgan fingerprint density at radius 1 is 0.895 bits per heavy atom. The van der Waals surface area contributed by atoms with Crippen molar-refractivity contribution >= 4 is 0 Å². The van der Waals surface area contributed by atoms with Crippen LogP contribution in [-0.4, -0.2) is 5.11 Å². The standard InChI is InChI=1S/C18H20O/c19-18-8-4-3-7-17(18)13-14-9-11-16(12-10-14)15-5-1-2-6-15/h3-4,7-12,15,19H,1-2,5-6,13H2.